The molecular formula is C42H39F9O12S6. The van der Waals surface area contributed by atoms with Gasteiger partial charge in [0.1, 0.15) is 47.6 Å². The second-order valence-electron chi connectivity index (χ2n) is 12.8. The van der Waals surface area contributed by atoms with Gasteiger partial charge in [0.2, 0.25) is 0 Å². The fourth-order valence-corrected chi connectivity index (χ4v) is 8.42. The van der Waals surface area contributed by atoms with Crippen molar-refractivity contribution in [1.29, 1.82) is 0 Å². The van der Waals surface area contributed by atoms with Gasteiger partial charge in [-0.25, -0.2) is 25.3 Å². The molecule has 12 nitrogen and oxygen atoms in total. The van der Waals surface area contributed by atoms with Crippen molar-refractivity contribution < 1.29 is 92.6 Å². The standard InChI is InChI=1S/C21H21O3S.3C7H5F3O3S.2H2S/c1-22-16-4-10-19(11-5-16)25(20-12-6-17(23-2)7-13-20)21-14-8-18(24-3)9-15-21;3*8-7(9,10)5-1-3-6(4-2-5)14(11,12)13;;/h4-15H,1-3H3;3*1-4H,(H,11,12,13);2*1H2/q+1;;;;;/p-1. The Morgan fingerprint density at radius 3 is 0.652 bits per heavy atom. The summed E-state index contributed by atoms with van der Waals surface area (Å²) >= 11 is 0. The average Bonchev–Trinajstić information content (AvgIpc) is 3.26. The van der Waals surface area contributed by atoms with E-state index >= 15 is 0 Å². The van der Waals surface area contributed by atoms with E-state index in [9.17, 15) is 78.4 Å². The molecule has 0 saturated carbocycles. The maximum Gasteiger partial charge on any atom is 0.416 e. The van der Waals surface area contributed by atoms with E-state index in [1.165, 1.54) is 14.7 Å². The maximum atomic E-state index is 12.0. The third kappa shape index (κ3) is 19.7. The number of ether oxygens (including phenoxy) is 3. The molecule has 0 aliphatic carbocycles. The minimum absolute atomic E-state index is 0. The molecule has 0 bridgehead atoms. The number of benzene rings is 6. The van der Waals surface area contributed by atoms with Crippen molar-refractivity contribution in [1.82, 2.24) is 0 Å². The first-order valence-electron chi connectivity index (χ1n) is 17.9. The van der Waals surface area contributed by atoms with Gasteiger partial charge in [-0.2, -0.15) is 39.5 Å². The lowest BCUT2D eigenvalue weighted by molar-refractivity contribution is -0.138. The van der Waals surface area contributed by atoms with E-state index in [4.69, 9.17) is 14.2 Å². The van der Waals surface area contributed by atoms with Gasteiger partial charge in [0.25, 0.3) is 0 Å². The monoisotopic (exact) mass is 1100 g/mol. The van der Waals surface area contributed by atoms with Gasteiger partial charge in [-0.15, -0.1) is 0 Å². The molecular weight excluding hydrogens is 1060 g/mol. The Labute approximate surface area is 407 Å². The summed E-state index contributed by atoms with van der Waals surface area (Å²) in [6, 6.07) is 31.8. The third-order valence-electron chi connectivity index (χ3n) is 8.30. The first-order valence-corrected chi connectivity index (χ1v) is 23.4. The lowest BCUT2D eigenvalue weighted by Crippen LogP contribution is -2.05. The van der Waals surface area contributed by atoms with E-state index in [0.29, 0.717) is 72.8 Å². The molecule has 6 aromatic rings. The van der Waals surface area contributed by atoms with Gasteiger partial charge >= 0.3 is 18.5 Å². The zero-order valence-electron chi connectivity index (χ0n) is 35.4. The summed E-state index contributed by atoms with van der Waals surface area (Å²) in [7, 11) is -9.21. The first kappa shape index (κ1) is 61.9. The van der Waals surface area contributed by atoms with Crippen molar-refractivity contribution in [3.05, 3.63) is 162 Å². The summed E-state index contributed by atoms with van der Waals surface area (Å²) in [4.78, 5) is 1.67. The summed E-state index contributed by atoms with van der Waals surface area (Å²) in [6.07, 6.45) is -13.6. The van der Waals surface area contributed by atoms with Gasteiger partial charge in [-0.3, -0.25) is 0 Å². The third-order valence-corrected chi connectivity index (χ3v) is 13.1. The molecule has 27 heteroatoms. The number of hydrogen-bond donors (Lipinski definition) is 0. The lowest BCUT2D eigenvalue weighted by atomic mass is 10.2. The molecule has 0 aliphatic heterocycles. The van der Waals surface area contributed by atoms with Crippen LogP contribution < -0.4 is 14.2 Å². The molecule has 0 aromatic heterocycles. The van der Waals surface area contributed by atoms with Gasteiger partial charge < -0.3 is 27.9 Å². The molecule has 0 saturated heterocycles. The zero-order valence-corrected chi connectivity index (χ0v) is 41.0. The van der Waals surface area contributed by atoms with Crippen LogP contribution in [0.1, 0.15) is 16.7 Å². The van der Waals surface area contributed by atoms with Crippen molar-refractivity contribution in [3.63, 3.8) is 0 Å². The second-order valence-corrected chi connectivity index (χ2v) is 18.9. The summed E-state index contributed by atoms with van der Waals surface area (Å²) in [6.45, 7) is 0. The minimum atomic E-state index is -4.68. The van der Waals surface area contributed by atoms with Crippen LogP contribution in [-0.2, 0) is 86.8 Å². The molecule has 0 unspecified atom stereocenters. The molecule has 0 fully saturated rings. The van der Waals surface area contributed by atoms with Crippen LogP contribution in [-0.4, -0.2) is 60.2 Å². The number of rotatable bonds is 9. The molecule has 0 spiro atoms. The van der Waals surface area contributed by atoms with Crippen LogP contribution in [0, 0.1) is 0 Å². The summed E-state index contributed by atoms with van der Waals surface area (Å²) in [5.41, 5.74) is -2.99. The molecule has 6 aromatic carbocycles. The Balaban J connectivity index is 0.000000475. The van der Waals surface area contributed by atoms with E-state index in [-0.39, 0.29) is 37.9 Å². The highest BCUT2D eigenvalue weighted by Crippen LogP contribution is 2.35. The summed E-state index contributed by atoms with van der Waals surface area (Å²) in [5, 5.41) is 0. The van der Waals surface area contributed by atoms with Crippen LogP contribution in [0.3, 0.4) is 0 Å². The quantitative estimate of drug-likeness (QED) is 0.0769. The minimum Gasteiger partial charge on any atom is -0.744 e. The highest BCUT2D eigenvalue weighted by Gasteiger charge is 2.32. The highest BCUT2D eigenvalue weighted by molar-refractivity contribution is 7.97. The summed E-state index contributed by atoms with van der Waals surface area (Å²) < 4.78 is 217. The van der Waals surface area contributed by atoms with Crippen LogP contribution in [0.5, 0.6) is 17.2 Å². The van der Waals surface area contributed by atoms with Gasteiger partial charge in [0, 0.05) is 0 Å². The van der Waals surface area contributed by atoms with E-state index in [1.54, 1.807) is 21.3 Å². The van der Waals surface area contributed by atoms with Crippen molar-refractivity contribution in [2.24, 2.45) is 0 Å². The Morgan fingerprint density at radius 2 is 0.522 bits per heavy atom. The van der Waals surface area contributed by atoms with Crippen molar-refractivity contribution in [2.45, 2.75) is 47.9 Å². The zero-order chi connectivity index (χ0) is 50.6. The van der Waals surface area contributed by atoms with Crippen LogP contribution >= 0.6 is 0 Å². The molecule has 0 atom stereocenters. The Bertz CT molecular complexity index is 2530. The average molecular weight is 1100 g/mol. The maximum absolute atomic E-state index is 12.0. The normalized spacial score (nSPS) is 11.7. The van der Waals surface area contributed by atoms with E-state index in [2.05, 4.69) is 36.4 Å². The highest BCUT2D eigenvalue weighted by atomic mass is 32.2. The number of hydrogen-bond acceptors (Lipinski definition) is 12. The Kier molecular flexibility index (Phi) is 23.0. The van der Waals surface area contributed by atoms with E-state index < -0.39 is 80.3 Å². The molecule has 0 N–H and O–H groups in total. The van der Waals surface area contributed by atoms with Gasteiger partial charge in [0.05, 0.1) is 63.6 Å². The van der Waals surface area contributed by atoms with E-state index in [1.807, 2.05) is 36.4 Å². The van der Waals surface area contributed by atoms with Crippen LogP contribution in [0.25, 0.3) is 0 Å². The lowest BCUT2D eigenvalue weighted by Gasteiger charge is -2.10. The Hall–Kier alpha value is -5.13. The number of halogens is 9. The SMILES string of the molecule is COc1ccc([S+](c2ccc(OC)cc2)c2ccc(OC)cc2)cc1.O=S(=O)([O-])c1ccc(C(F)(F)F)cc1.O=S(=O)([O-])c1ccc(C(F)(F)F)cc1.O=S(=O)([O-])c1ccc(C(F)(F)F)cc1.[SH3+].[SH3+]. The number of alkyl halides is 9. The molecule has 0 heterocycles. The molecule has 0 aliphatic rings. The van der Waals surface area contributed by atoms with Crippen molar-refractivity contribution in [3.8, 4) is 17.2 Å². The van der Waals surface area contributed by atoms with Crippen LogP contribution in [0.4, 0.5) is 39.5 Å². The number of methoxy groups -OCH3 is 3. The molecule has 378 valence electrons. The van der Waals surface area contributed by atoms with Gasteiger partial charge in [-0.05, 0) is 146 Å². The van der Waals surface area contributed by atoms with Crippen LogP contribution in [0.2, 0.25) is 0 Å². The molecule has 0 radical (unpaired) electrons. The smallest absolute Gasteiger partial charge is 0.416 e. The fraction of sp³-hybridized carbons (Fsp3) is 0.143. The predicted octanol–water partition coefficient (Wildman–Crippen LogP) is 8.03. The van der Waals surface area contributed by atoms with Crippen LogP contribution in [0.15, 0.2) is 175 Å². The molecule has 69 heavy (non-hydrogen) atoms. The molecule has 0 amide bonds. The fourth-order valence-electron chi connectivity index (χ4n) is 4.98. The van der Waals surface area contributed by atoms with Crippen molar-refractivity contribution >= 4 is 68.2 Å². The first-order chi connectivity index (χ1) is 30.9. The predicted molar refractivity (Wildman–Crippen MR) is 242 cm³/mol. The van der Waals surface area contributed by atoms with Gasteiger partial charge in [-0.1, -0.05) is 27.0 Å². The van der Waals surface area contributed by atoms with E-state index in [0.717, 1.165) is 17.2 Å². The second kappa shape index (κ2) is 25.6. The largest absolute Gasteiger partial charge is 0.744 e. The summed E-state index contributed by atoms with van der Waals surface area (Å²) in [5.74, 6) is 2.57. The topological polar surface area (TPSA) is 199 Å². The Morgan fingerprint density at radius 1 is 0.348 bits per heavy atom. The van der Waals surface area contributed by atoms with Crippen molar-refractivity contribution in [2.75, 3.05) is 21.3 Å². The van der Waals surface area contributed by atoms with Gasteiger partial charge in [0.15, 0.2) is 14.7 Å². The molecule has 6 rings (SSSR count).